The summed E-state index contributed by atoms with van der Waals surface area (Å²) in [6.07, 6.45) is 1.15. The fourth-order valence-corrected chi connectivity index (χ4v) is 2.80. The summed E-state index contributed by atoms with van der Waals surface area (Å²) >= 11 is 0. The molecule has 1 aliphatic heterocycles. The highest BCUT2D eigenvalue weighted by Crippen LogP contribution is 2.23. The summed E-state index contributed by atoms with van der Waals surface area (Å²) in [6, 6.07) is 10.6. The molecule has 0 saturated carbocycles. The summed E-state index contributed by atoms with van der Waals surface area (Å²) in [7, 11) is 1.68. The molecule has 0 aliphatic carbocycles. The molecule has 1 aromatic heterocycles. The summed E-state index contributed by atoms with van der Waals surface area (Å²) in [5, 5.41) is 4.67. The molecule has 0 amide bonds. The number of nitrogens with one attached hydrogen (secondary N) is 1. The zero-order valence-corrected chi connectivity index (χ0v) is 12.6. The number of aromatic nitrogens is 1. The Morgan fingerprint density at radius 1 is 1.38 bits per heavy atom. The van der Waals surface area contributed by atoms with Crippen molar-refractivity contribution in [3.8, 4) is 5.75 Å². The number of benzene rings is 1. The van der Waals surface area contributed by atoms with Gasteiger partial charge in [-0.15, -0.1) is 0 Å². The maximum atomic E-state index is 5.45. The molecule has 4 nitrogen and oxygen atoms in total. The smallest absolute Gasteiger partial charge is 0.145 e. The number of nitrogens with zero attached hydrogens (tertiary/aromatic N) is 1. The van der Waals surface area contributed by atoms with Crippen LogP contribution in [0, 0.1) is 5.92 Å². The summed E-state index contributed by atoms with van der Waals surface area (Å²) in [5.41, 5.74) is 1.97. The van der Waals surface area contributed by atoms with Gasteiger partial charge in [-0.3, -0.25) is 0 Å². The lowest BCUT2D eigenvalue weighted by Gasteiger charge is -2.19. The molecule has 2 atom stereocenters. The van der Waals surface area contributed by atoms with Crippen LogP contribution < -0.4 is 10.1 Å². The Morgan fingerprint density at radius 2 is 2.29 bits per heavy atom. The Balaban J connectivity index is 1.72. The molecular formula is C17H22N2O2. The van der Waals surface area contributed by atoms with Crippen molar-refractivity contribution in [1.29, 1.82) is 0 Å². The molecule has 1 fully saturated rings. The first kappa shape index (κ1) is 14.3. The van der Waals surface area contributed by atoms with Crippen LogP contribution in [0.25, 0.3) is 10.9 Å². The Bertz CT molecular complexity index is 609. The van der Waals surface area contributed by atoms with Crippen LogP contribution in [0.1, 0.15) is 19.0 Å². The molecule has 1 saturated heterocycles. The van der Waals surface area contributed by atoms with Crippen molar-refractivity contribution in [2.45, 2.75) is 25.9 Å². The molecule has 112 valence electrons. The van der Waals surface area contributed by atoms with Gasteiger partial charge in [0.05, 0.1) is 19.4 Å². The number of hydrogen-bond donors (Lipinski definition) is 1. The van der Waals surface area contributed by atoms with Crippen molar-refractivity contribution in [2.24, 2.45) is 5.92 Å². The van der Waals surface area contributed by atoms with E-state index in [-0.39, 0.29) is 0 Å². The summed E-state index contributed by atoms with van der Waals surface area (Å²) < 4.78 is 10.8. The SMILES string of the molecule is COc1cccc2ccc(CNC(C)C3CCOC3)nc12. The Labute approximate surface area is 125 Å². The number of rotatable bonds is 5. The van der Waals surface area contributed by atoms with Crippen LogP contribution in [0.4, 0.5) is 0 Å². The maximum absolute atomic E-state index is 5.45. The van der Waals surface area contributed by atoms with E-state index in [0.717, 1.165) is 48.5 Å². The molecule has 1 N–H and O–H groups in total. The normalized spacial score (nSPS) is 19.8. The number of para-hydroxylation sites is 1. The van der Waals surface area contributed by atoms with Crippen LogP contribution in [0.2, 0.25) is 0 Å². The van der Waals surface area contributed by atoms with Crippen LogP contribution in [-0.4, -0.2) is 31.3 Å². The second kappa shape index (κ2) is 6.41. The van der Waals surface area contributed by atoms with Crippen molar-refractivity contribution in [2.75, 3.05) is 20.3 Å². The van der Waals surface area contributed by atoms with E-state index in [0.29, 0.717) is 12.0 Å². The predicted octanol–water partition coefficient (Wildman–Crippen LogP) is 2.76. The standard InChI is InChI=1S/C17H22N2O2/c1-12(14-8-9-21-11-14)18-10-15-7-6-13-4-3-5-16(20-2)17(13)19-15/h3-7,12,14,18H,8-11H2,1-2H3. The average Bonchev–Trinajstić information content (AvgIpc) is 3.06. The maximum Gasteiger partial charge on any atom is 0.145 e. The van der Waals surface area contributed by atoms with Gasteiger partial charge in [-0.1, -0.05) is 18.2 Å². The minimum Gasteiger partial charge on any atom is -0.494 e. The lowest BCUT2D eigenvalue weighted by Crippen LogP contribution is -2.33. The highest BCUT2D eigenvalue weighted by molar-refractivity contribution is 5.84. The van der Waals surface area contributed by atoms with Crippen LogP contribution >= 0.6 is 0 Å². The van der Waals surface area contributed by atoms with Crippen molar-refractivity contribution in [3.63, 3.8) is 0 Å². The minimum absolute atomic E-state index is 0.447. The third-order valence-corrected chi connectivity index (χ3v) is 4.24. The zero-order chi connectivity index (χ0) is 14.7. The fraction of sp³-hybridized carbons (Fsp3) is 0.471. The zero-order valence-electron chi connectivity index (χ0n) is 12.6. The van der Waals surface area contributed by atoms with Gasteiger partial charge in [-0.05, 0) is 31.4 Å². The van der Waals surface area contributed by atoms with E-state index in [4.69, 9.17) is 14.5 Å². The van der Waals surface area contributed by atoms with Gasteiger partial charge in [0.1, 0.15) is 11.3 Å². The molecule has 4 heteroatoms. The first-order valence-corrected chi connectivity index (χ1v) is 7.51. The van der Waals surface area contributed by atoms with Gasteiger partial charge in [-0.2, -0.15) is 0 Å². The molecule has 3 rings (SSSR count). The third kappa shape index (κ3) is 3.17. The number of methoxy groups -OCH3 is 1. The van der Waals surface area contributed by atoms with Gasteiger partial charge in [0.2, 0.25) is 0 Å². The molecule has 1 aromatic carbocycles. The van der Waals surface area contributed by atoms with E-state index in [2.05, 4.69) is 30.4 Å². The highest BCUT2D eigenvalue weighted by atomic mass is 16.5. The molecule has 0 spiro atoms. The topological polar surface area (TPSA) is 43.4 Å². The largest absolute Gasteiger partial charge is 0.494 e. The average molecular weight is 286 g/mol. The lowest BCUT2D eigenvalue weighted by atomic mass is 10.0. The Kier molecular flexibility index (Phi) is 4.36. The Hall–Kier alpha value is -1.65. The summed E-state index contributed by atoms with van der Waals surface area (Å²) in [4.78, 5) is 4.73. The number of pyridine rings is 1. The molecule has 2 unspecified atom stereocenters. The number of fused-ring (bicyclic) bond motifs is 1. The fourth-order valence-electron chi connectivity index (χ4n) is 2.80. The predicted molar refractivity (Wildman–Crippen MR) is 83.5 cm³/mol. The third-order valence-electron chi connectivity index (χ3n) is 4.24. The van der Waals surface area contributed by atoms with E-state index in [1.54, 1.807) is 7.11 Å². The monoisotopic (exact) mass is 286 g/mol. The van der Waals surface area contributed by atoms with Crippen molar-refractivity contribution in [3.05, 3.63) is 36.0 Å². The first-order valence-electron chi connectivity index (χ1n) is 7.51. The second-order valence-corrected chi connectivity index (χ2v) is 5.63. The van der Waals surface area contributed by atoms with Gasteiger partial charge in [-0.25, -0.2) is 4.98 Å². The highest BCUT2D eigenvalue weighted by Gasteiger charge is 2.21. The summed E-state index contributed by atoms with van der Waals surface area (Å²) in [5.74, 6) is 1.44. The molecule has 2 heterocycles. The van der Waals surface area contributed by atoms with E-state index >= 15 is 0 Å². The molecular weight excluding hydrogens is 264 g/mol. The number of hydrogen-bond acceptors (Lipinski definition) is 4. The first-order chi connectivity index (χ1) is 10.3. The van der Waals surface area contributed by atoms with Gasteiger partial charge in [0.25, 0.3) is 0 Å². The lowest BCUT2D eigenvalue weighted by molar-refractivity contribution is 0.178. The number of ether oxygens (including phenoxy) is 2. The van der Waals surface area contributed by atoms with Crippen LogP contribution in [0.15, 0.2) is 30.3 Å². The molecule has 21 heavy (non-hydrogen) atoms. The van der Waals surface area contributed by atoms with E-state index < -0.39 is 0 Å². The van der Waals surface area contributed by atoms with Gasteiger partial charge >= 0.3 is 0 Å². The van der Waals surface area contributed by atoms with Gasteiger partial charge in [0, 0.05) is 24.6 Å². The van der Waals surface area contributed by atoms with Crippen LogP contribution in [-0.2, 0) is 11.3 Å². The molecule has 1 aliphatic rings. The van der Waals surface area contributed by atoms with E-state index in [1.165, 1.54) is 0 Å². The van der Waals surface area contributed by atoms with Crippen LogP contribution in [0.5, 0.6) is 5.75 Å². The molecule has 0 bridgehead atoms. The summed E-state index contributed by atoms with van der Waals surface area (Å²) in [6.45, 7) is 4.75. The molecule has 0 radical (unpaired) electrons. The van der Waals surface area contributed by atoms with E-state index in [1.807, 2.05) is 12.1 Å². The van der Waals surface area contributed by atoms with Crippen molar-refractivity contribution >= 4 is 10.9 Å². The minimum atomic E-state index is 0.447. The Morgan fingerprint density at radius 3 is 3.05 bits per heavy atom. The van der Waals surface area contributed by atoms with Crippen molar-refractivity contribution < 1.29 is 9.47 Å². The second-order valence-electron chi connectivity index (χ2n) is 5.63. The van der Waals surface area contributed by atoms with E-state index in [9.17, 15) is 0 Å². The van der Waals surface area contributed by atoms with Gasteiger partial charge in [0.15, 0.2) is 0 Å². The van der Waals surface area contributed by atoms with Crippen LogP contribution in [0.3, 0.4) is 0 Å². The van der Waals surface area contributed by atoms with Crippen molar-refractivity contribution in [1.82, 2.24) is 10.3 Å². The molecule has 2 aromatic rings. The van der Waals surface area contributed by atoms with Gasteiger partial charge < -0.3 is 14.8 Å². The quantitative estimate of drug-likeness (QED) is 0.918.